The molecule has 0 N–H and O–H groups in total. The molecule has 0 bridgehead atoms. The van der Waals surface area contributed by atoms with Crippen LogP contribution in [0.4, 0.5) is 5.82 Å². The molecule has 3 rings (SSSR count). The first-order valence-electron chi connectivity index (χ1n) is 6.04. The number of nitrogens with zero attached hydrogens (tertiary/aromatic N) is 2. The van der Waals surface area contributed by atoms with E-state index in [2.05, 4.69) is 5.16 Å². The molecular weight excluding hydrogens is 232 g/mol. The van der Waals surface area contributed by atoms with Crippen LogP contribution in [0, 0.1) is 18.8 Å². The van der Waals surface area contributed by atoms with Crippen molar-refractivity contribution >= 4 is 17.6 Å². The summed E-state index contributed by atoms with van der Waals surface area (Å²) in [5.41, 5.74) is 1.18. The Morgan fingerprint density at radius 3 is 2.67 bits per heavy atom. The van der Waals surface area contributed by atoms with Gasteiger partial charge in [-0.3, -0.25) is 9.59 Å². The Kier molecular flexibility index (Phi) is 2.36. The lowest BCUT2D eigenvalue weighted by atomic mass is 9.82. The van der Waals surface area contributed by atoms with Crippen molar-refractivity contribution < 1.29 is 14.1 Å². The second-order valence-corrected chi connectivity index (χ2v) is 5.01. The number of rotatable bonds is 1. The van der Waals surface area contributed by atoms with E-state index in [1.165, 1.54) is 10.5 Å². The van der Waals surface area contributed by atoms with Gasteiger partial charge in [-0.25, -0.2) is 4.90 Å². The first-order valence-corrected chi connectivity index (χ1v) is 6.04. The van der Waals surface area contributed by atoms with Crippen molar-refractivity contribution in [3.05, 3.63) is 23.5 Å². The molecule has 0 radical (unpaired) electrons. The summed E-state index contributed by atoms with van der Waals surface area (Å²) in [6.45, 7) is 3.73. The van der Waals surface area contributed by atoms with Gasteiger partial charge in [0.25, 0.3) is 0 Å². The zero-order chi connectivity index (χ0) is 12.9. The third kappa shape index (κ3) is 1.50. The third-order valence-electron chi connectivity index (χ3n) is 3.67. The van der Waals surface area contributed by atoms with Gasteiger partial charge >= 0.3 is 0 Å². The molecule has 18 heavy (non-hydrogen) atoms. The summed E-state index contributed by atoms with van der Waals surface area (Å²) in [6, 6.07) is 1.62. The number of carbonyl (C=O) groups excluding carboxylic acids is 2. The minimum absolute atomic E-state index is 0.147. The van der Waals surface area contributed by atoms with Crippen molar-refractivity contribution in [2.45, 2.75) is 26.7 Å². The molecular formula is C13H14N2O3. The van der Waals surface area contributed by atoms with Crippen LogP contribution in [0.1, 0.15) is 25.5 Å². The van der Waals surface area contributed by atoms with Crippen LogP contribution in [0.2, 0.25) is 0 Å². The maximum absolute atomic E-state index is 12.3. The molecule has 0 aromatic carbocycles. The van der Waals surface area contributed by atoms with E-state index in [4.69, 9.17) is 4.52 Å². The Balaban J connectivity index is 1.96. The molecule has 2 amide bonds. The molecule has 0 unspecified atom stereocenters. The quantitative estimate of drug-likeness (QED) is 0.560. The molecule has 94 valence electrons. The van der Waals surface area contributed by atoms with Gasteiger partial charge in [0.1, 0.15) is 5.76 Å². The molecule has 1 aromatic heterocycles. The van der Waals surface area contributed by atoms with Crippen LogP contribution in [-0.2, 0) is 9.59 Å². The van der Waals surface area contributed by atoms with Gasteiger partial charge in [-0.05, 0) is 26.7 Å². The number of aromatic nitrogens is 1. The van der Waals surface area contributed by atoms with Gasteiger partial charge in [0.2, 0.25) is 11.8 Å². The Bertz CT molecular complexity index is 558. The minimum atomic E-state index is -0.224. The maximum atomic E-state index is 12.3. The lowest BCUT2D eigenvalue weighted by Crippen LogP contribution is -2.31. The zero-order valence-electron chi connectivity index (χ0n) is 10.3. The van der Waals surface area contributed by atoms with Gasteiger partial charge < -0.3 is 4.52 Å². The summed E-state index contributed by atoms with van der Waals surface area (Å²) in [5.74, 6) is 0.162. The summed E-state index contributed by atoms with van der Waals surface area (Å²) in [6.07, 6.45) is 3.36. The maximum Gasteiger partial charge on any atom is 0.239 e. The van der Waals surface area contributed by atoms with E-state index >= 15 is 0 Å². The molecule has 0 saturated carbocycles. The lowest BCUT2D eigenvalue weighted by molar-refractivity contribution is -0.122. The summed E-state index contributed by atoms with van der Waals surface area (Å²) in [4.78, 5) is 25.7. The van der Waals surface area contributed by atoms with E-state index in [-0.39, 0.29) is 23.7 Å². The van der Waals surface area contributed by atoms with Crippen molar-refractivity contribution in [2.24, 2.45) is 11.8 Å². The molecule has 5 heteroatoms. The number of anilines is 1. The summed E-state index contributed by atoms with van der Waals surface area (Å²) < 4.78 is 4.94. The number of aryl methyl sites for hydroxylation is 1. The molecule has 2 heterocycles. The Hall–Kier alpha value is -1.91. The molecule has 2 aliphatic rings. The average Bonchev–Trinajstić information content (AvgIpc) is 2.84. The first-order chi connectivity index (χ1) is 8.58. The Labute approximate surface area is 104 Å². The van der Waals surface area contributed by atoms with E-state index in [0.717, 1.165) is 0 Å². The summed E-state index contributed by atoms with van der Waals surface area (Å²) in [5, 5.41) is 3.77. The highest BCUT2D eigenvalue weighted by Crippen LogP contribution is 2.39. The lowest BCUT2D eigenvalue weighted by Gasteiger charge is -2.18. The van der Waals surface area contributed by atoms with E-state index in [1.54, 1.807) is 13.0 Å². The largest absolute Gasteiger partial charge is 0.360 e. The van der Waals surface area contributed by atoms with Crippen LogP contribution in [-0.4, -0.2) is 17.0 Å². The third-order valence-corrected chi connectivity index (χ3v) is 3.67. The molecule has 1 fully saturated rings. The fourth-order valence-electron chi connectivity index (χ4n) is 2.72. The Morgan fingerprint density at radius 2 is 2.00 bits per heavy atom. The van der Waals surface area contributed by atoms with Crippen LogP contribution < -0.4 is 4.90 Å². The molecule has 1 saturated heterocycles. The van der Waals surface area contributed by atoms with Gasteiger partial charge in [-0.1, -0.05) is 16.8 Å². The number of imide groups is 1. The van der Waals surface area contributed by atoms with Gasteiger partial charge in [-0.15, -0.1) is 0 Å². The molecule has 1 aliphatic carbocycles. The fourth-order valence-corrected chi connectivity index (χ4v) is 2.72. The summed E-state index contributed by atoms with van der Waals surface area (Å²) in [7, 11) is 0. The van der Waals surface area contributed by atoms with E-state index < -0.39 is 0 Å². The first kappa shape index (κ1) is 11.2. The van der Waals surface area contributed by atoms with Gasteiger partial charge in [0, 0.05) is 6.07 Å². The number of hydrogen-bond donors (Lipinski definition) is 0. The van der Waals surface area contributed by atoms with Crippen LogP contribution in [0.5, 0.6) is 0 Å². The van der Waals surface area contributed by atoms with Crippen molar-refractivity contribution in [3.8, 4) is 0 Å². The second-order valence-electron chi connectivity index (χ2n) is 5.01. The standard InChI is InChI=1S/C13H14N2O3/c1-7-3-4-9-10(5-7)13(17)15(12(9)16)11-6-8(2)18-14-11/h3,6,9-10H,4-5H2,1-2H3/t9-,10-/m1/s1. The molecule has 1 aliphatic heterocycles. The smallest absolute Gasteiger partial charge is 0.239 e. The highest BCUT2D eigenvalue weighted by atomic mass is 16.5. The SMILES string of the molecule is CC1=CC[C@H]2C(=O)N(c3cc(C)on3)C(=O)[C@@H]2C1. The topological polar surface area (TPSA) is 63.4 Å². The average molecular weight is 246 g/mol. The van der Waals surface area contributed by atoms with Crippen molar-refractivity contribution in [1.82, 2.24) is 5.16 Å². The van der Waals surface area contributed by atoms with E-state index in [0.29, 0.717) is 24.4 Å². The molecule has 5 nitrogen and oxygen atoms in total. The van der Waals surface area contributed by atoms with Crippen LogP contribution >= 0.6 is 0 Å². The predicted octanol–water partition coefficient (Wildman–Crippen LogP) is 1.83. The number of hydrogen-bond acceptors (Lipinski definition) is 4. The van der Waals surface area contributed by atoms with Crippen molar-refractivity contribution in [1.29, 1.82) is 0 Å². The van der Waals surface area contributed by atoms with Gasteiger partial charge in [0.15, 0.2) is 5.82 Å². The Morgan fingerprint density at radius 1 is 1.28 bits per heavy atom. The molecule has 1 aromatic rings. The zero-order valence-corrected chi connectivity index (χ0v) is 10.3. The second kappa shape index (κ2) is 3.80. The van der Waals surface area contributed by atoms with Crippen molar-refractivity contribution in [3.63, 3.8) is 0 Å². The highest BCUT2D eigenvalue weighted by Gasteiger charge is 2.49. The summed E-state index contributed by atoms with van der Waals surface area (Å²) >= 11 is 0. The van der Waals surface area contributed by atoms with Crippen LogP contribution in [0.15, 0.2) is 22.2 Å². The number of allylic oxidation sites excluding steroid dienone is 2. The van der Waals surface area contributed by atoms with E-state index in [1.807, 2.05) is 13.0 Å². The fraction of sp³-hybridized carbons (Fsp3) is 0.462. The molecule has 2 atom stereocenters. The number of carbonyl (C=O) groups is 2. The number of amides is 2. The monoisotopic (exact) mass is 246 g/mol. The van der Waals surface area contributed by atoms with Gasteiger partial charge in [-0.2, -0.15) is 0 Å². The molecule has 0 spiro atoms. The minimum Gasteiger partial charge on any atom is -0.360 e. The van der Waals surface area contributed by atoms with Crippen LogP contribution in [0.3, 0.4) is 0 Å². The number of fused-ring (bicyclic) bond motifs is 1. The predicted molar refractivity (Wildman–Crippen MR) is 63.7 cm³/mol. The van der Waals surface area contributed by atoms with Crippen molar-refractivity contribution in [2.75, 3.05) is 4.90 Å². The van der Waals surface area contributed by atoms with E-state index in [9.17, 15) is 9.59 Å². The van der Waals surface area contributed by atoms with Crippen LogP contribution in [0.25, 0.3) is 0 Å². The van der Waals surface area contributed by atoms with Gasteiger partial charge in [0.05, 0.1) is 11.8 Å². The normalized spacial score (nSPS) is 27.4. The highest BCUT2D eigenvalue weighted by molar-refractivity contribution is 6.21.